The van der Waals surface area contributed by atoms with Gasteiger partial charge in [-0.15, -0.1) is 0 Å². The van der Waals surface area contributed by atoms with Gasteiger partial charge in [-0.1, -0.05) is 26.7 Å². The van der Waals surface area contributed by atoms with Crippen LogP contribution in [0.15, 0.2) is 42.7 Å². The van der Waals surface area contributed by atoms with Crippen LogP contribution >= 0.6 is 0 Å². The lowest BCUT2D eigenvalue weighted by Gasteiger charge is -2.21. The minimum Gasteiger partial charge on any atom is -0.494 e. The van der Waals surface area contributed by atoms with Gasteiger partial charge in [-0.05, 0) is 69.6 Å². The van der Waals surface area contributed by atoms with E-state index in [4.69, 9.17) is 4.74 Å². The largest absolute Gasteiger partial charge is 0.494 e. The second kappa shape index (κ2) is 11.6. The molecule has 0 aliphatic carbocycles. The molecule has 31 heavy (non-hydrogen) atoms. The topological polar surface area (TPSA) is 59.7 Å². The first-order valence-corrected chi connectivity index (χ1v) is 11.4. The molecule has 0 N–H and O–H groups in total. The minimum atomic E-state index is -0.0767. The van der Waals surface area contributed by atoms with Gasteiger partial charge in [-0.25, -0.2) is 9.97 Å². The van der Waals surface area contributed by atoms with Gasteiger partial charge >= 0.3 is 0 Å². The number of aryl methyl sites for hydroxylation is 1. The number of ketones is 1. The Hall–Kier alpha value is -2.73. The van der Waals surface area contributed by atoms with Crippen molar-refractivity contribution in [3.05, 3.63) is 59.7 Å². The van der Waals surface area contributed by atoms with E-state index in [0.29, 0.717) is 23.6 Å². The fraction of sp³-hybridized carbons (Fsp3) is 0.480. The summed E-state index contributed by atoms with van der Waals surface area (Å²) in [7, 11) is 0. The zero-order valence-electron chi connectivity index (χ0n) is 19.0. The Kier molecular flexibility index (Phi) is 8.59. The van der Waals surface area contributed by atoms with E-state index in [1.54, 1.807) is 10.6 Å². The molecule has 0 saturated heterocycles. The third-order valence-electron chi connectivity index (χ3n) is 5.41. The highest BCUT2D eigenvalue weighted by molar-refractivity contribution is 6.08. The predicted molar refractivity (Wildman–Crippen MR) is 124 cm³/mol. The van der Waals surface area contributed by atoms with Crippen molar-refractivity contribution in [3.63, 3.8) is 0 Å². The summed E-state index contributed by atoms with van der Waals surface area (Å²) in [5.41, 5.74) is 1.99. The molecule has 2 heterocycles. The van der Waals surface area contributed by atoms with Gasteiger partial charge in [0.2, 0.25) is 11.6 Å². The van der Waals surface area contributed by atoms with Gasteiger partial charge < -0.3 is 9.64 Å². The first-order chi connectivity index (χ1) is 15.1. The van der Waals surface area contributed by atoms with Crippen molar-refractivity contribution in [1.82, 2.24) is 19.3 Å². The SMILES string of the molecule is CCCCN(CCCC)CCCOc1ccc(C(=O)c2cnc3nc(C)ccn23)cc1. The van der Waals surface area contributed by atoms with Crippen molar-refractivity contribution in [1.29, 1.82) is 0 Å². The molecule has 0 aliphatic rings. The van der Waals surface area contributed by atoms with E-state index in [-0.39, 0.29) is 5.78 Å². The van der Waals surface area contributed by atoms with Crippen LogP contribution in [-0.2, 0) is 0 Å². The van der Waals surface area contributed by atoms with Gasteiger partial charge in [0.05, 0.1) is 12.8 Å². The molecule has 0 amide bonds. The molecule has 2 aromatic heterocycles. The van der Waals surface area contributed by atoms with Crippen molar-refractivity contribution in [2.45, 2.75) is 52.9 Å². The number of carbonyl (C=O) groups excluding carboxylic acids is 1. The molecule has 6 heteroatoms. The molecule has 0 unspecified atom stereocenters. The first-order valence-electron chi connectivity index (χ1n) is 11.4. The van der Waals surface area contributed by atoms with Gasteiger partial charge in [0.1, 0.15) is 11.4 Å². The van der Waals surface area contributed by atoms with Gasteiger partial charge in [-0.2, -0.15) is 0 Å². The maximum Gasteiger partial charge on any atom is 0.234 e. The summed E-state index contributed by atoms with van der Waals surface area (Å²) in [5, 5.41) is 0. The quantitative estimate of drug-likeness (QED) is 0.288. The summed E-state index contributed by atoms with van der Waals surface area (Å²) in [5.74, 6) is 1.25. The molecule has 0 bridgehead atoms. The maximum absolute atomic E-state index is 12.9. The average Bonchev–Trinajstić information content (AvgIpc) is 3.20. The van der Waals surface area contributed by atoms with Crippen LogP contribution in [-0.4, -0.2) is 51.3 Å². The average molecular weight is 423 g/mol. The van der Waals surface area contributed by atoms with Crippen LogP contribution in [0.2, 0.25) is 0 Å². The summed E-state index contributed by atoms with van der Waals surface area (Å²) in [6.45, 7) is 10.5. The Morgan fingerprint density at radius 3 is 2.35 bits per heavy atom. The summed E-state index contributed by atoms with van der Waals surface area (Å²) in [4.78, 5) is 24.0. The molecule has 0 aliphatic heterocycles. The highest BCUT2D eigenvalue weighted by Gasteiger charge is 2.15. The molecule has 166 valence electrons. The van der Waals surface area contributed by atoms with E-state index in [9.17, 15) is 4.79 Å². The summed E-state index contributed by atoms with van der Waals surface area (Å²) < 4.78 is 7.63. The fourth-order valence-electron chi connectivity index (χ4n) is 3.55. The monoisotopic (exact) mass is 422 g/mol. The summed E-state index contributed by atoms with van der Waals surface area (Å²) >= 11 is 0. The number of benzene rings is 1. The van der Waals surface area contributed by atoms with Crippen LogP contribution in [0.4, 0.5) is 0 Å². The Balaban J connectivity index is 1.52. The molecule has 3 aromatic rings. The fourth-order valence-corrected chi connectivity index (χ4v) is 3.55. The van der Waals surface area contributed by atoms with Gasteiger partial charge in [0.15, 0.2) is 0 Å². The van der Waals surface area contributed by atoms with E-state index in [1.165, 1.54) is 38.8 Å². The first kappa shape index (κ1) is 22.9. The van der Waals surface area contributed by atoms with Crippen molar-refractivity contribution >= 4 is 11.6 Å². The number of nitrogens with zero attached hydrogens (tertiary/aromatic N) is 4. The Labute approximate surface area is 185 Å². The number of unbranched alkanes of at least 4 members (excludes halogenated alkanes) is 2. The number of hydrogen-bond acceptors (Lipinski definition) is 5. The zero-order chi connectivity index (χ0) is 22.1. The number of ether oxygens (including phenoxy) is 1. The number of aromatic nitrogens is 3. The molecule has 3 rings (SSSR count). The van der Waals surface area contributed by atoms with Crippen LogP contribution in [0.5, 0.6) is 5.75 Å². The summed E-state index contributed by atoms with van der Waals surface area (Å²) in [6.07, 6.45) is 9.38. The number of rotatable bonds is 13. The van der Waals surface area contributed by atoms with Crippen LogP contribution in [0.3, 0.4) is 0 Å². The number of imidazole rings is 1. The van der Waals surface area contributed by atoms with Crippen LogP contribution in [0.1, 0.15) is 67.7 Å². The van der Waals surface area contributed by atoms with Crippen LogP contribution in [0.25, 0.3) is 5.78 Å². The van der Waals surface area contributed by atoms with Gasteiger partial charge in [-0.3, -0.25) is 9.20 Å². The van der Waals surface area contributed by atoms with E-state index in [0.717, 1.165) is 24.4 Å². The number of hydrogen-bond donors (Lipinski definition) is 0. The highest BCUT2D eigenvalue weighted by atomic mass is 16.5. The lowest BCUT2D eigenvalue weighted by atomic mass is 10.1. The highest BCUT2D eigenvalue weighted by Crippen LogP contribution is 2.17. The van der Waals surface area contributed by atoms with Crippen molar-refractivity contribution in [3.8, 4) is 5.75 Å². The zero-order valence-corrected chi connectivity index (χ0v) is 19.0. The minimum absolute atomic E-state index is 0.0767. The van der Waals surface area contributed by atoms with E-state index >= 15 is 0 Å². The molecular weight excluding hydrogens is 388 g/mol. The third kappa shape index (κ3) is 6.37. The Bertz CT molecular complexity index is 957. The lowest BCUT2D eigenvalue weighted by molar-refractivity contribution is 0.103. The molecule has 0 fully saturated rings. The van der Waals surface area contributed by atoms with Crippen molar-refractivity contribution in [2.75, 3.05) is 26.2 Å². The molecule has 0 atom stereocenters. The third-order valence-corrected chi connectivity index (χ3v) is 5.41. The predicted octanol–water partition coefficient (Wildman–Crippen LogP) is 4.94. The van der Waals surface area contributed by atoms with E-state index < -0.39 is 0 Å². The molecule has 6 nitrogen and oxygen atoms in total. The summed E-state index contributed by atoms with van der Waals surface area (Å²) in [6, 6.07) is 9.23. The normalized spacial score (nSPS) is 11.4. The van der Waals surface area contributed by atoms with E-state index in [1.807, 2.05) is 43.5 Å². The van der Waals surface area contributed by atoms with Crippen molar-refractivity contribution in [2.24, 2.45) is 0 Å². The maximum atomic E-state index is 12.9. The van der Waals surface area contributed by atoms with Crippen LogP contribution in [0, 0.1) is 6.92 Å². The van der Waals surface area contributed by atoms with Crippen LogP contribution < -0.4 is 4.74 Å². The Morgan fingerprint density at radius 2 is 1.68 bits per heavy atom. The van der Waals surface area contributed by atoms with Crippen molar-refractivity contribution < 1.29 is 9.53 Å². The van der Waals surface area contributed by atoms with E-state index in [2.05, 4.69) is 28.7 Å². The van der Waals surface area contributed by atoms with Gasteiger partial charge in [0.25, 0.3) is 0 Å². The molecular formula is C25H34N4O2. The Morgan fingerprint density at radius 1 is 1.00 bits per heavy atom. The molecule has 0 radical (unpaired) electrons. The standard InChI is InChI=1S/C25H34N4O2/c1-4-6-14-28(15-7-5-2)16-8-18-31-22-11-9-21(10-12-22)24(30)23-19-26-25-27-20(3)13-17-29(23)25/h9-13,17,19H,4-8,14-16,18H2,1-3H3. The second-order valence-corrected chi connectivity index (χ2v) is 7.99. The van der Waals surface area contributed by atoms with Gasteiger partial charge in [0, 0.05) is 24.0 Å². The second-order valence-electron chi connectivity index (χ2n) is 7.99. The smallest absolute Gasteiger partial charge is 0.234 e. The molecule has 0 spiro atoms. The number of fused-ring (bicyclic) bond motifs is 1. The molecule has 1 aromatic carbocycles. The molecule has 0 saturated carbocycles. The lowest BCUT2D eigenvalue weighted by Crippen LogP contribution is -2.28. The number of carbonyl (C=O) groups is 1.